The number of methoxy groups -OCH3 is 1. The van der Waals surface area contributed by atoms with E-state index in [1.807, 2.05) is 12.1 Å². The molecule has 1 N–H and O–H groups in total. The van der Waals surface area contributed by atoms with Crippen LogP contribution in [0, 0.1) is 0 Å². The van der Waals surface area contributed by atoms with Crippen molar-refractivity contribution in [2.45, 2.75) is 57.7 Å². The van der Waals surface area contributed by atoms with E-state index >= 15 is 0 Å². The van der Waals surface area contributed by atoms with Crippen molar-refractivity contribution in [1.82, 2.24) is 10.2 Å². The Labute approximate surface area is 179 Å². The largest absolute Gasteiger partial charge is 0.497 e. The highest BCUT2D eigenvalue weighted by Crippen LogP contribution is 2.29. The fraction of sp³-hybridized carbons (Fsp3) is 0.480. The molecular weight excluding hydrogens is 376 g/mol. The molecular formula is C25H32N2O3. The van der Waals surface area contributed by atoms with E-state index < -0.39 is 0 Å². The van der Waals surface area contributed by atoms with E-state index in [0.29, 0.717) is 23.1 Å². The highest BCUT2D eigenvalue weighted by molar-refractivity contribution is 5.97. The summed E-state index contributed by atoms with van der Waals surface area (Å²) in [5.41, 5.74) is 3.34. The lowest BCUT2D eigenvalue weighted by molar-refractivity contribution is 0.0889. The van der Waals surface area contributed by atoms with Crippen LogP contribution in [-0.4, -0.2) is 43.2 Å². The van der Waals surface area contributed by atoms with Crippen LogP contribution in [0.4, 0.5) is 0 Å². The van der Waals surface area contributed by atoms with Crippen LogP contribution in [0.1, 0.15) is 54.1 Å². The molecule has 1 heterocycles. The Balaban J connectivity index is 1.35. The van der Waals surface area contributed by atoms with Gasteiger partial charge < -0.3 is 14.8 Å². The van der Waals surface area contributed by atoms with Gasteiger partial charge in [0, 0.05) is 31.7 Å². The van der Waals surface area contributed by atoms with Crippen molar-refractivity contribution in [3.05, 3.63) is 59.2 Å². The third-order valence-corrected chi connectivity index (χ3v) is 6.01. The van der Waals surface area contributed by atoms with Gasteiger partial charge in [0.1, 0.15) is 17.6 Å². The molecule has 0 atom stereocenters. The van der Waals surface area contributed by atoms with Crippen molar-refractivity contribution in [3.63, 3.8) is 0 Å². The minimum atomic E-state index is -0.0527. The van der Waals surface area contributed by atoms with Gasteiger partial charge in [-0.15, -0.1) is 0 Å². The van der Waals surface area contributed by atoms with Gasteiger partial charge in [-0.1, -0.05) is 31.2 Å². The quantitative estimate of drug-likeness (QED) is 0.712. The number of nitrogens with one attached hydrogen (secondary N) is 1. The summed E-state index contributed by atoms with van der Waals surface area (Å²) in [6.07, 6.45) is 5.23. The number of ether oxygens (including phenoxy) is 2. The normalized spacial score (nSPS) is 17.5. The molecule has 1 saturated heterocycles. The molecule has 2 aliphatic rings. The van der Waals surface area contributed by atoms with Crippen LogP contribution in [0.3, 0.4) is 0 Å². The van der Waals surface area contributed by atoms with Gasteiger partial charge in [0.05, 0.1) is 12.7 Å². The first kappa shape index (κ1) is 20.7. The molecule has 30 heavy (non-hydrogen) atoms. The van der Waals surface area contributed by atoms with E-state index in [1.165, 1.54) is 11.1 Å². The molecule has 4 rings (SSSR count). The molecule has 2 aromatic carbocycles. The number of amides is 1. The number of carbonyl (C=O) groups excluding carboxylic acids is 1. The fourth-order valence-electron chi connectivity index (χ4n) is 3.91. The summed E-state index contributed by atoms with van der Waals surface area (Å²) in [6, 6.07) is 14.7. The summed E-state index contributed by atoms with van der Waals surface area (Å²) >= 11 is 0. The topological polar surface area (TPSA) is 50.8 Å². The lowest BCUT2D eigenvalue weighted by Gasteiger charge is -2.32. The fourth-order valence-corrected chi connectivity index (χ4v) is 3.91. The van der Waals surface area contributed by atoms with Gasteiger partial charge in [0.25, 0.3) is 5.91 Å². The van der Waals surface area contributed by atoms with Crippen LogP contribution >= 0.6 is 0 Å². The Morgan fingerprint density at radius 3 is 2.37 bits per heavy atom. The van der Waals surface area contributed by atoms with Gasteiger partial charge in [0.2, 0.25) is 0 Å². The zero-order chi connectivity index (χ0) is 20.9. The van der Waals surface area contributed by atoms with Crippen LogP contribution < -0.4 is 14.8 Å². The number of nitrogens with zero attached hydrogens (tertiary/aromatic N) is 1. The predicted molar refractivity (Wildman–Crippen MR) is 118 cm³/mol. The molecule has 0 spiro atoms. The zero-order valence-electron chi connectivity index (χ0n) is 18.0. The van der Waals surface area contributed by atoms with Gasteiger partial charge >= 0.3 is 0 Å². The maximum Gasteiger partial charge on any atom is 0.255 e. The van der Waals surface area contributed by atoms with Crippen molar-refractivity contribution < 1.29 is 14.3 Å². The van der Waals surface area contributed by atoms with E-state index in [-0.39, 0.29) is 12.0 Å². The minimum Gasteiger partial charge on any atom is -0.497 e. The van der Waals surface area contributed by atoms with Crippen LogP contribution in [0.25, 0.3) is 0 Å². The maximum atomic E-state index is 12.6. The molecule has 1 aliphatic carbocycles. The molecule has 160 valence electrons. The summed E-state index contributed by atoms with van der Waals surface area (Å²) < 4.78 is 11.7. The SMILES string of the molecule is CCc1ccc(CN2CCC(Oc3cc(OC)ccc3C(=O)NC3CC3)CC2)cc1. The third kappa shape index (κ3) is 5.33. The first-order chi connectivity index (χ1) is 14.6. The van der Waals surface area contributed by atoms with Crippen molar-refractivity contribution in [1.29, 1.82) is 0 Å². The molecule has 0 unspecified atom stereocenters. The number of likely N-dealkylation sites (tertiary alicyclic amines) is 1. The molecule has 0 bridgehead atoms. The molecule has 5 heteroatoms. The molecule has 1 saturated carbocycles. The van der Waals surface area contributed by atoms with Crippen LogP contribution in [0.15, 0.2) is 42.5 Å². The molecule has 5 nitrogen and oxygen atoms in total. The second kappa shape index (κ2) is 9.52. The van der Waals surface area contributed by atoms with Gasteiger partial charge in [0.15, 0.2) is 0 Å². The Morgan fingerprint density at radius 1 is 1.03 bits per heavy atom. The third-order valence-electron chi connectivity index (χ3n) is 6.01. The molecule has 1 aliphatic heterocycles. The summed E-state index contributed by atoms with van der Waals surface area (Å²) in [6.45, 7) is 5.15. The number of hydrogen-bond donors (Lipinski definition) is 1. The number of carbonyl (C=O) groups is 1. The van der Waals surface area contributed by atoms with Crippen LogP contribution in [-0.2, 0) is 13.0 Å². The Kier molecular flexibility index (Phi) is 6.58. The highest BCUT2D eigenvalue weighted by Gasteiger charge is 2.27. The van der Waals surface area contributed by atoms with Gasteiger partial charge in [-0.2, -0.15) is 0 Å². The predicted octanol–water partition coefficient (Wildman–Crippen LogP) is 4.19. The molecule has 2 aromatic rings. The second-order valence-electron chi connectivity index (χ2n) is 8.37. The first-order valence-corrected chi connectivity index (χ1v) is 11.1. The van der Waals surface area contributed by atoms with Gasteiger partial charge in [-0.3, -0.25) is 9.69 Å². The number of rotatable bonds is 8. The minimum absolute atomic E-state index is 0.0527. The standard InChI is InChI=1S/C25H32N2O3/c1-3-18-4-6-19(7-5-18)17-27-14-12-21(13-15-27)30-24-16-22(29-2)10-11-23(24)25(28)26-20-8-9-20/h4-7,10-11,16,20-21H,3,8-9,12-15,17H2,1-2H3,(H,26,28). The van der Waals surface area contributed by atoms with Crippen LogP contribution in [0.5, 0.6) is 11.5 Å². The van der Waals surface area contributed by atoms with Crippen molar-refractivity contribution in [3.8, 4) is 11.5 Å². The maximum absolute atomic E-state index is 12.6. The summed E-state index contributed by atoms with van der Waals surface area (Å²) in [5.74, 6) is 1.28. The Hall–Kier alpha value is -2.53. The number of piperidine rings is 1. The lowest BCUT2D eigenvalue weighted by Crippen LogP contribution is -2.38. The summed E-state index contributed by atoms with van der Waals surface area (Å²) in [7, 11) is 1.63. The molecule has 1 amide bonds. The zero-order valence-corrected chi connectivity index (χ0v) is 18.0. The molecule has 2 fully saturated rings. The van der Waals surface area contributed by atoms with E-state index in [9.17, 15) is 4.79 Å². The number of benzene rings is 2. The van der Waals surface area contributed by atoms with Crippen LogP contribution in [0.2, 0.25) is 0 Å². The second-order valence-corrected chi connectivity index (χ2v) is 8.37. The molecule has 0 aromatic heterocycles. The average Bonchev–Trinajstić information content (AvgIpc) is 3.59. The van der Waals surface area contributed by atoms with Crippen molar-refractivity contribution in [2.24, 2.45) is 0 Å². The van der Waals surface area contributed by atoms with Crippen molar-refractivity contribution >= 4 is 5.91 Å². The molecule has 0 radical (unpaired) electrons. The average molecular weight is 409 g/mol. The van der Waals surface area contributed by atoms with Crippen molar-refractivity contribution in [2.75, 3.05) is 20.2 Å². The Morgan fingerprint density at radius 2 is 1.73 bits per heavy atom. The number of aryl methyl sites for hydroxylation is 1. The van der Waals surface area contributed by atoms with E-state index in [0.717, 1.165) is 51.7 Å². The summed E-state index contributed by atoms with van der Waals surface area (Å²) in [4.78, 5) is 15.1. The van der Waals surface area contributed by atoms with Gasteiger partial charge in [-0.25, -0.2) is 0 Å². The highest BCUT2D eigenvalue weighted by atomic mass is 16.5. The summed E-state index contributed by atoms with van der Waals surface area (Å²) in [5, 5.41) is 3.06. The Bertz CT molecular complexity index is 853. The van der Waals surface area contributed by atoms with Gasteiger partial charge in [-0.05, 0) is 55.4 Å². The monoisotopic (exact) mass is 408 g/mol. The van der Waals surface area contributed by atoms with E-state index in [2.05, 4.69) is 41.4 Å². The van der Waals surface area contributed by atoms with E-state index in [4.69, 9.17) is 9.47 Å². The number of hydrogen-bond acceptors (Lipinski definition) is 4. The smallest absolute Gasteiger partial charge is 0.255 e. The van der Waals surface area contributed by atoms with E-state index in [1.54, 1.807) is 13.2 Å². The first-order valence-electron chi connectivity index (χ1n) is 11.1. The lowest BCUT2D eigenvalue weighted by atomic mass is 10.0.